The lowest BCUT2D eigenvalue weighted by Gasteiger charge is -2.24. The fourth-order valence-electron chi connectivity index (χ4n) is 1.81. The van der Waals surface area contributed by atoms with Crippen LogP contribution in [0.25, 0.3) is 0 Å². The van der Waals surface area contributed by atoms with E-state index in [0.29, 0.717) is 6.42 Å². The first-order valence-electron chi connectivity index (χ1n) is 5.72. The van der Waals surface area contributed by atoms with Crippen molar-refractivity contribution < 1.29 is 16.8 Å². The lowest BCUT2D eigenvalue weighted by atomic mass is 10.2. The van der Waals surface area contributed by atoms with Crippen LogP contribution in [0.4, 0.5) is 0 Å². The van der Waals surface area contributed by atoms with Crippen molar-refractivity contribution in [2.75, 3.05) is 18.1 Å². The molecular formula is C9H20N2O4S2. The minimum Gasteiger partial charge on any atom is -0.329 e. The standard InChI is InChI=1S/C9H20N2O4S2/c1-2-8(7-10)11-17(14,15)9-3-5-16(12,13)6-4-9/h8-9,11H,2-7,10H2,1H3. The van der Waals surface area contributed by atoms with Gasteiger partial charge in [0.25, 0.3) is 0 Å². The maximum Gasteiger partial charge on any atom is 0.214 e. The van der Waals surface area contributed by atoms with Gasteiger partial charge in [-0.2, -0.15) is 0 Å². The number of sulfonamides is 1. The van der Waals surface area contributed by atoms with Gasteiger partial charge in [-0.05, 0) is 19.3 Å². The largest absolute Gasteiger partial charge is 0.329 e. The van der Waals surface area contributed by atoms with Crippen LogP contribution < -0.4 is 10.5 Å². The average molecular weight is 284 g/mol. The molecule has 1 aliphatic rings. The number of nitrogens with two attached hydrogens (primary N) is 1. The zero-order valence-electron chi connectivity index (χ0n) is 9.92. The molecular weight excluding hydrogens is 264 g/mol. The molecule has 1 saturated heterocycles. The van der Waals surface area contributed by atoms with Crippen LogP contribution in [0, 0.1) is 0 Å². The Hall–Kier alpha value is -0.180. The molecule has 0 bridgehead atoms. The second-order valence-electron chi connectivity index (χ2n) is 4.35. The van der Waals surface area contributed by atoms with Gasteiger partial charge < -0.3 is 5.73 Å². The summed E-state index contributed by atoms with van der Waals surface area (Å²) in [6, 6.07) is -0.265. The van der Waals surface area contributed by atoms with Crippen LogP contribution in [0.5, 0.6) is 0 Å². The van der Waals surface area contributed by atoms with Crippen LogP contribution in [0.1, 0.15) is 26.2 Å². The summed E-state index contributed by atoms with van der Waals surface area (Å²) in [5.74, 6) is -0.0873. The van der Waals surface area contributed by atoms with E-state index in [-0.39, 0.29) is 36.9 Å². The van der Waals surface area contributed by atoms with E-state index in [4.69, 9.17) is 5.73 Å². The number of hydrogen-bond acceptors (Lipinski definition) is 5. The molecule has 0 aromatic heterocycles. The predicted octanol–water partition coefficient (Wildman–Crippen LogP) is -0.780. The summed E-state index contributed by atoms with van der Waals surface area (Å²) in [6.07, 6.45) is 0.984. The Morgan fingerprint density at radius 2 is 1.88 bits per heavy atom. The van der Waals surface area contributed by atoms with Gasteiger partial charge >= 0.3 is 0 Å². The molecule has 0 radical (unpaired) electrons. The Balaban J connectivity index is 2.66. The van der Waals surface area contributed by atoms with E-state index in [1.165, 1.54) is 0 Å². The van der Waals surface area contributed by atoms with Gasteiger partial charge in [0.05, 0.1) is 16.8 Å². The number of nitrogens with one attached hydrogen (secondary N) is 1. The highest BCUT2D eigenvalue weighted by atomic mass is 32.2. The van der Waals surface area contributed by atoms with Gasteiger partial charge in [-0.15, -0.1) is 0 Å². The van der Waals surface area contributed by atoms with Crippen molar-refractivity contribution >= 4 is 19.9 Å². The van der Waals surface area contributed by atoms with Gasteiger partial charge in [-0.3, -0.25) is 0 Å². The van der Waals surface area contributed by atoms with Crippen molar-refractivity contribution in [3.8, 4) is 0 Å². The summed E-state index contributed by atoms with van der Waals surface area (Å²) in [5.41, 5.74) is 5.44. The van der Waals surface area contributed by atoms with Crippen molar-refractivity contribution in [3.05, 3.63) is 0 Å². The zero-order chi connectivity index (χ0) is 13.1. The van der Waals surface area contributed by atoms with E-state index >= 15 is 0 Å². The summed E-state index contributed by atoms with van der Waals surface area (Å²) in [6.45, 7) is 2.10. The molecule has 0 aliphatic carbocycles. The highest BCUT2D eigenvalue weighted by Gasteiger charge is 2.33. The summed E-state index contributed by atoms with van der Waals surface area (Å²) in [4.78, 5) is 0. The number of rotatable bonds is 5. The Morgan fingerprint density at radius 1 is 1.35 bits per heavy atom. The first-order chi connectivity index (χ1) is 7.80. The van der Waals surface area contributed by atoms with E-state index in [1.54, 1.807) is 0 Å². The summed E-state index contributed by atoms with van der Waals surface area (Å²) >= 11 is 0. The Labute approximate surface area is 103 Å². The first-order valence-corrected chi connectivity index (χ1v) is 9.09. The third-order valence-corrected chi connectivity index (χ3v) is 6.78. The molecule has 1 rings (SSSR count). The van der Waals surface area contributed by atoms with Crippen LogP contribution in [0.2, 0.25) is 0 Å². The fraction of sp³-hybridized carbons (Fsp3) is 1.00. The smallest absolute Gasteiger partial charge is 0.214 e. The van der Waals surface area contributed by atoms with Crippen molar-refractivity contribution in [2.45, 2.75) is 37.5 Å². The molecule has 0 amide bonds. The van der Waals surface area contributed by atoms with Crippen molar-refractivity contribution in [1.29, 1.82) is 0 Å². The average Bonchev–Trinajstić information content (AvgIpc) is 2.25. The van der Waals surface area contributed by atoms with Gasteiger partial charge in [0.2, 0.25) is 10.0 Å². The molecule has 1 aliphatic heterocycles. The van der Waals surface area contributed by atoms with Gasteiger partial charge in [0.1, 0.15) is 9.84 Å². The monoisotopic (exact) mass is 284 g/mol. The van der Waals surface area contributed by atoms with E-state index in [2.05, 4.69) is 4.72 Å². The molecule has 17 heavy (non-hydrogen) atoms. The van der Waals surface area contributed by atoms with Gasteiger partial charge in [-0.1, -0.05) is 6.92 Å². The highest BCUT2D eigenvalue weighted by Crippen LogP contribution is 2.19. The third kappa shape index (κ3) is 4.20. The molecule has 0 spiro atoms. The van der Waals surface area contributed by atoms with Crippen LogP contribution in [-0.2, 0) is 19.9 Å². The lowest BCUT2D eigenvalue weighted by molar-refractivity contribution is 0.518. The minimum atomic E-state index is -3.45. The van der Waals surface area contributed by atoms with Crippen molar-refractivity contribution in [1.82, 2.24) is 4.72 Å². The molecule has 1 fully saturated rings. The van der Waals surface area contributed by atoms with E-state index in [9.17, 15) is 16.8 Å². The molecule has 102 valence electrons. The van der Waals surface area contributed by atoms with E-state index < -0.39 is 25.1 Å². The summed E-state index contributed by atoms with van der Waals surface area (Å²) in [5, 5.41) is -0.605. The van der Waals surface area contributed by atoms with Crippen LogP contribution in [0.15, 0.2) is 0 Å². The van der Waals surface area contributed by atoms with Crippen molar-refractivity contribution in [3.63, 3.8) is 0 Å². The predicted molar refractivity (Wildman–Crippen MR) is 66.9 cm³/mol. The first kappa shape index (κ1) is 14.9. The van der Waals surface area contributed by atoms with Gasteiger partial charge in [0.15, 0.2) is 0 Å². The Kier molecular flexibility index (Phi) is 4.94. The highest BCUT2D eigenvalue weighted by molar-refractivity contribution is 7.92. The maximum absolute atomic E-state index is 12.0. The van der Waals surface area contributed by atoms with Crippen LogP contribution in [0.3, 0.4) is 0 Å². The van der Waals surface area contributed by atoms with Gasteiger partial charge in [0, 0.05) is 12.6 Å². The Morgan fingerprint density at radius 3 is 2.29 bits per heavy atom. The van der Waals surface area contributed by atoms with Crippen LogP contribution in [-0.4, -0.2) is 46.2 Å². The van der Waals surface area contributed by atoms with Crippen molar-refractivity contribution in [2.24, 2.45) is 5.73 Å². The van der Waals surface area contributed by atoms with Crippen LogP contribution >= 0.6 is 0 Å². The summed E-state index contributed by atoms with van der Waals surface area (Å²) < 4.78 is 48.9. The maximum atomic E-state index is 12.0. The topological polar surface area (TPSA) is 106 Å². The normalized spacial score (nSPS) is 23.4. The SMILES string of the molecule is CCC(CN)NS(=O)(=O)C1CCS(=O)(=O)CC1. The number of sulfone groups is 1. The molecule has 0 aromatic rings. The molecule has 8 heteroatoms. The van der Waals surface area contributed by atoms with E-state index in [1.807, 2.05) is 6.92 Å². The second-order valence-corrected chi connectivity index (χ2v) is 8.65. The Bertz CT molecular complexity index is 426. The molecule has 1 atom stereocenters. The molecule has 1 unspecified atom stereocenters. The molecule has 1 heterocycles. The zero-order valence-corrected chi connectivity index (χ0v) is 11.6. The summed E-state index contributed by atoms with van der Waals surface area (Å²) in [7, 11) is -6.48. The molecule has 6 nitrogen and oxygen atoms in total. The quantitative estimate of drug-likeness (QED) is 0.689. The second kappa shape index (κ2) is 5.64. The third-order valence-electron chi connectivity index (χ3n) is 3.05. The molecule has 0 saturated carbocycles. The van der Waals surface area contributed by atoms with Gasteiger partial charge in [-0.25, -0.2) is 21.6 Å². The number of hydrogen-bond donors (Lipinski definition) is 2. The molecule has 0 aromatic carbocycles. The fourth-order valence-corrected chi connectivity index (χ4v) is 5.37. The molecule has 3 N–H and O–H groups in total. The minimum absolute atomic E-state index is 0.0437. The lowest BCUT2D eigenvalue weighted by Crippen LogP contribution is -2.46. The van der Waals surface area contributed by atoms with E-state index in [0.717, 1.165) is 0 Å².